The fourth-order valence-corrected chi connectivity index (χ4v) is 6.80. The molecule has 0 aromatic heterocycles. The molecule has 47 heavy (non-hydrogen) atoms. The van der Waals surface area contributed by atoms with Crippen LogP contribution >= 0.6 is 11.6 Å². The summed E-state index contributed by atoms with van der Waals surface area (Å²) in [5.74, 6) is -0.286. The lowest BCUT2D eigenvalue weighted by Crippen LogP contribution is -2.54. The van der Waals surface area contributed by atoms with Crippen LogP contribution in [0.4, 0.5) is 5.69 Å². The Labute approximate surface area is 283 Å². The Kier molecular flexibility index (Phi) is 12.1. The van der Waals surface area contributed by atoms with Crippen molar-refractivity contribution in [3.63, 3.8) is 0 Å². The minimum Gasteiger partial charge on any atom is -0.497 e. The van der Waals surface area contributed by atoms with Crippen LogP contribution in [0.5, 0.6) is 5.75 Å². The van der Waals surface area contributed by atoms with Gasteiger partial charge in [0.25, 0.3) is 10.0 Å². The molecule has 0 spiro atoms. The lowest BCUT2D eigenvalue weighted by Gasteiger charge is -2.34. The van der Waals surface area contributed by atoms with Crippen LogP contribution in [-0.2, 0) is 32.6 Å². The van der Waals surface area contributed by atoms with E-state index in [1.807, 2.05) is 63.2 Å². The number of aryl methyl sites for hydroxylation is 2. The van der Waals surface area contributed by atoms with E-state index in [0.717, 1.165) is 21.0 Å². The molecule has 2 amide bonds. The highest BCUT2D eigenvalue weighted by Gasteiger charge is 2.35. The zero-order chi connectivity index (χ0) is 34.1. The van der Waals surface area contributed by atoms with E-state index in [-0.39, 0.29) is 35.5 Å². The van der Waals surface area contributed by atoms with Crippen LogP contribution in [0.2, 0.25) is 5.02 Å². The van der Waals surface area contributed by atoms with Crippen LogP contribution in [-0.4, -0.2) is 50.9 Å². The maximum atomic E-state index is 14.7. The van der Waals surface area contributed by atoms with Gasteiger partial charge < -0.3 is 15.0 Å². The van der Waals surface area contributed by atoms with Gasteiger partial charge in [0.2, 0.25) is 11.8 Å². The molecule has 0 heterocycles. The van der Waals surface area contributed by atoms with Crippen molar-refractivity contribution in [3.8, 4) is 5.75 Å². The van der Waals surface area contributed by atoms with Gasteiger partial charge in [0, 0.05) is 24.0 Å². The summed E-state index contributed by atoms with van der Waals surface area (Å²) in [6, 6.07) is 27.0. The van der Waals surface area contributed by atoms with Crippen LogP contribution in [0, 0.1) is 13.8 Å². The number of carbonyl (C=O) groups excluding carboxylic acids is 2. The third kappa shape index (κ3) is 9.14. The van der Waals surface area contributed by atoms with Gasteiger partial charge in [-0.15, -0.1) is 0 Å². The molecule has 0 saturated carbocycles. The smallest absolute Gasteiger partial charge is 0.264 e. The number of hydrogen-bond donors (Lipinski definition) is 1. The van der Waals surface area contributed by atoms with E-state index >= 15 is 0 Å². The summed E-state index contributed by atoms with van der Waals surface area (Å²) in [6.07, 6.45) is 0.921. The third-order valence-corrected chi connectivity index (χ3v) is 10.1. The summed E-state index contributed by atoms with van der Waals surface area (Å²) in [4.78, 5) is 30.2. The zero-order valence-electron chi connectivity index (χ0n) is 27.4. The highest BCUT2D eigenvalue weighted by Crippen LogP contribution is 2.30. The number of sulfonamides is 1. The van der Waals surface area contributed by atoms with Crippen molar-refractivity contribution in [1.82, 2.24) is 10.2 Å². The molecule has 10 heteroatoms. The second kappa shape index (κ2) is 16.0. The van der Waals surface area contributed by atoms with Gasteiger partial charge in [-0.05, 0) is 80.3 Å². The molecule has 2 atom stereocenters. The predicted molar refractivity (Wildman–Crippen MR) is 187 cm³/mol. The normalized spacial score (nSPS) is 12.6. The first-order valence-corrected chi connectivity index (χ1v) is 17.4. The molecule has 0 aliphatic carbocycles. The van der Waals surface area contributed by atoms with E-state index in [1.165, 1.54) is 17.0 Å². The Bertz CT molecular complexity index is 1780. The molecule has 0 aliphatic rings. The summed E-state index contributed by atoms with van der Waals surface area (Å²) in [5.41, 5.74) is 3.36. The Balaban J connectivity index is 1.85. The van der Waals surface area contributed by atoms with E-state index in [1.54, 1.807) is 56.5 Å². The van der Waals surface area contributed by atoms with Gasteiger partial charge in [0.15, 0.2) is 0 Å². The minimum atomic E-state index is -4.24. The number of hydrogen-bond acceptors (Lipinski definition) is 5. The number of halogens is 1. The van der Waals surface area contributed by atoms with E-state index in [2.05, 4.69) is 5.32 Å². The Hall–Kier alpha value is -4.34. The maximum Gasteiger partial charge on any atom is 0.264 e. The average Bonchev–Trinajstić information content (AvgIpc) is 3.06. The van der Waals surface area contributed by atoms with E-state index in [9.17, 15) is 18.0 Å². The molecule has 0 bridgehead atoms. The highest BCUT2D eigenvalue weighted by atomic mass is 35.5. The number of amides is 2. The van der Waals surface area contributed by atoms with Crippen LogP contribution in [0.3, 0.4) is 0 Å². The molecule has 0 saturated heterocycles. The standard InChI is InChI=1S/C37H42ClN3O5S/c1-6-28(4)39-37(43)35(22-29-11-8-7-9-12-29)40(24-30-13-10-14-32(21-30)46-5)36(42)25-41(34-23-31(38)18-17-27(34)3)47(44,45)33-19-15-26(2)16-20-33/h7-21,23,28,35H,6,22,24-25H2,1-5H3,(H,39,43). The molecule has 0 fully saturated rings. The molecule has 4 rings (SSSR count). The number of carbonyl (C=O) groups is 2. The molecule has 0 radical (unpaired) electrons. The minimum absolute atomic E-state index is 0.0324. The molecule has 2 unspecified atom stereocenters. The number of nitrogens with one attached hydrogen (secondary N) is 1. The summed E-state index contributed by atoms with van der Waals surface area (Å²) < 4.78 is 35.1. The Morgan fingerprint density at radius 3 is 2.23 bits per heavy atom. The van der Waals surface area contributed by atoms with Crippen molar-refractivity contribution in [2.75, 3.05) is 18.0 Å². The van der Waals surface area contributed by atoms with Crippen molar-refractivity contribution >= 4 is 39.1 Å². The van der Waals surface area contributed by atoms with Gasteiger partial charge in [0.1, 0.15) is 18.3 Å². The summed E-state index contributed by atoms with van der Waals surface area (Å²) >= 11 is 6.38. The fourth-order valence-electron chi connectivity index (χ4n) is 5.16. The second-order valence-corrected chi connectivity index (χ2v) is 14.0. The molecule has 4 aromatic rings. The lowest BCUT2D eigenvalue weighted by molar-refractivity contribution is -0.140. The molecule has 4 aromatic carbocycles. The van der Waals surface area contributed by atoms with Gasteiger partial charge in [-0.3, -0.25) is 13.9 Å². The molecule has 248 valence electrons. The van der Waals surface area contributed by atoms with E-state index < -0.39 is 28.5 Å². The monoisotopic (exact) mass is 675 g/mol. The number of anilines is 1. The zero-order valence-corrected chi connectivity index (χ0v) is 29.0. The first-order chi connectivity index (χ1) is 22.4. The predicted octanol–water partition coefficient (Wildman–Crippen LogP) is 6.72. The second-order valence-electron chi connectivity index (χ2n) is 11.7. The van der Waals surface area contributed by atoms with Crippen molar-refractivity contribution in [1.29, 1.82) is 0 Å². The Morgan fingerprint density at radius 1 is 0.894 bits per heavy atom. The largest absolute Gasteiger partial charge is 0.497 e. The van der Waals surface area contributed by atoms with Gasteiger partial charge in [-0.25, -0.2) is 8.42 Å². The quantitative estimate of drug-likeness (QED) is 0.160. The van der Waals surface area contributed by atoms with Gasteiger partial charge >= 0.3 is 0 Å². The van der Waals surface area contributed by atoms with Crippen molar-refractivity contribution in [2.24, 2.45) is 0 Å². The van der Waals surface area contributed by atoms with Gasteiger partial charge in [-0.2, -0.15) is 0 Å². The first-order valence-electron chi connectivity index (χ1n) is 15.5. The van der Waals surface area contributed by atoms with Gasteiger partial charge in [-0.1, -0.05) is 84.8 Å². The molecule has 1 N–H and O–H groups in total. The van der Waals surface area contributed by atoms with Crippen LogP contribution in [0.25, 0.3) is 0 Å². The average molecular weight is 676 g/mol. The van der Waals surface area contributed by atoms with Crippen molar-refractivity contribution in [3.05, 3.63) is 124 Å². The van der Waals surface area contributed by atoms with E-state index in [0.29, 0.717) is 22.8 Å². The number of rotatable bonds is 14. The SMILES string of the molecule is CCC(C)NC(=O)C(Cc1ccccc1)N(Cc1cccc(OC)c1)C(=O)CN(c1cc(Cl)ccc1C)S(=O)(=O)c1ccc(C)cc1. The highest BCUT2D eigenvalue weighted by molar-refractivity contribution is 7.92. The van der Waals surface area contributed by atoms with Crippen molar-refractivity contribution < 1.29 is 22.7 Å². The first kappa shape index (κ1) is 35.5. The molecular weight excluding hydrogens is 634 g/mol. The molecular formula is C37H42ClN3O5S. The number of methoxy groups -OCH3 is 1. The van der Waals surface area contributed by atoms with Crippen LogP contribution < -0.4 is 14.4 Å². The molecule has 0 aliphatic heterocycles. The number of ether oxygens (including phenoxy) is 1. The van der Waals surface area contributed by atoms with Crippen LogP contribution in [0.1, 0.15) is 42.5 Å². The summed E-state index contributed by atoms with van der Waals surface area (Å²) in [5, 5.41) is 3.37. The Morgan fingerprint density at radius 2 is 1.57 bits per heavy atom. The van der Waals surface area contributed by atoms with Gasteiger partial charge in [0.05, 0.1) is 17.7 Å². The summed E-state index contributed by atoms with van der Waals surface area (Å²) in [7, 11) is -2.69. The third-order valence-electron chi connectivity index (χ3n) is 8.09. The number of nitrogens with zero attached hydrogens (tertiary/aromatic N) is 2. The maximum absolute atomic E-state index is 14.7. The van der Waals surface area contributed by atoms with Crippen molar-refractivity contribution in [2.45, 2.75) is 64.1 Å². The topological polar surface area (TPSA) is 96.0 Å². The lowest BCUT2D eigenvalue weighted by atomic mass is 10.0. The molecule has 8 nitrogen and oxygen atoms in total. The van der Waals surface area contributed by atoms with Crippen LogP contribution in [0.15, 0.2) is 102 Å². The summed E-state index contributed by atoms with van der Waals surface area (Å²) in [6.45, 7) is 6.98. The van der Waals surface area contributed by atoms with E-state index in [4.69, 9.17) is 16.3 Å². The fraction of sp³-hybridized carbons (Fsp3) is 0.297. The number of benzene rings is 4.